The number of hydrogen-bond donors (Lipinski definition) is 0. The summed E-state index contributed by atoms with van der Waals surface area (Å²) in [7, 11) is 0. The predicted octanol–water partition coefficient (Wildman–Crippen LogP) is 2.51. The van der Waals surface area contributed by atoms with Crippen LogP contribution in [0.5, 0.6) is 0 Å². The molecular formula is C11H16ClN3. The third kappa shape index (κ3) is 2.23. The molecule has 1 aliphatic rings. The third-order valence-corrected chi connectivity index (χ3v) is 3.09. The highest BCUT2D eigenvalue weighted by Gasteiger charge is 2.29. The van der Waals surface area contributed by atoms with E-state index in [0.717, 1.165) is 23.8 Å². The summed E-state index contributed by atoms with van der Waals surface area (Å²) in [6.45, 7) is 5.11. The van der Waals surface area contributed by atoms with E-state index in [1.54, 1.807) is 0 Å². The smallest absolute Gasteiger partial charge is 0.225 e. The zero-order valence-electron chi connectivity index (χ0n) is 9.20. The second-order valence-electron chi connectivity index (χ2n) is 3.93. The molecule has 0 spiro atoms. The van der Waals surface area contributed by atoms with Gasteiger partial charge < -0.3 is 4.90 Å². The van der Waals surface area contributed by atoms with Gasteiger partial charge in [0.25, 0.3) is 0 Å². The molecule has 0 aliphatic heterocycles. The molecule has 0 saturated heterocycles. The van der Waals surface area contributed by atoms with Gasteiger partial charge in [-0.1, -0.05) is 0 Å². The highest BCUT2D eigenvalue weighted by molar-refractivity contribution is 6.17. The first kappa shape index (κ1) is 10.7. The fraction of sp³-hybridized carbons (Fsp3) is 0.636. The van der Waals surface area contributed by atoms with Gasteiger partial charge in [0, 0.05) is 30.0 Å². The van der Waals surface area contributed by atoms with E-state index >= 15 is 0 Å². The molecule has 15 heavy (non-hydrogen) atoms. The number of halogens is 1. The molecule has 82 valence electrons. The SMILES string of the molecule is CCN(c1ncc(CCl)c(C)n1)C1CC1. The van der Waals surface area contributed by atoms with Crippen LogP contribution in [-0.2, 0) is 5.88 Å². The maximum Gasteiger partial charge on any atom is 0.225 e. The molecule has 0 atom stereocenters. The standard InChI is InChI=1S/C11H16ClN3/c1-3-15(10-4-5-10)11-13-7-9(6-12)8(2)14-11/h7,10H,3-6H2,1-2H3. The van der Waals surface area contributed by atoms with Gasteiger partial charge in [-0.3, -0.25) is 0 Å². The molecule has 3 nitrogen and oxygen atoms in total. The van der Waals surface area contributed by atoms with Crippen molar-refractivity contribution in [2.75, 3.05) is 11.4 Å². The zero-order chi connectivity index (χ0) is 10.8. The lowest BCUT2D eigenvalue weighted by molar-refractivity contribution is 0.780. The summed E-state index contributed by atoms with van der Waals surface area (Å²) in [6.07, 6.45) is 4.39. The maximum atomic E-state index is 5.78. The van der Waals surface area contributed by atoms with Crippen LogP contribution in [0.15, 0.2) is 6.20 Å². The van der Waals surface area contributed by atoms with E-state index < -0.39 is 0 Å². The van der Waals surface area contributed by atoms with Crippen LogP contribution in [0.1, 0.15) is 31.0 Å². The van der Waals surface area contributed by atoms with Crippen LogP contribution < -0.4 is 4.90 Å². The summed E-state index contributed by atoms with van der Waals surface area (Å²) >= 11 is 5.78. The Bertz CT molecular complexity index is 350. The van der Waals surface area contributed by atoms with Crippen LogP contribution in [0.4, 0.5) is 5.95 Å². The minimum absolute atomic E-state index is 0.488. The molecule has 0 N–H and O–H groups in total. The van der Waals surface area contributed by atoms with Crippen LogP contribution >= 0.6 is 11.6 Å². The quantitative estimate of drug-likeness (QED) is 0.738. The van der Waals surface area contributed by atoms with Crippen molar-refractivity contribution in [2.45, 2.75) is 38.6 Å². The topological polar surface area (TPSA) is 29.0 Å². The van der Waals surface area contributed by atoms with Crippen molar-refractivity contribution in [1.82, 2.24) is 9.97 Å². The minimum Gasteiger partial charge on any atom is -0.338 e. The molecule has 1 aromatic heterocycles. The van der Waals surface area contributed by atoms with Crippen LogP contribution in [0.2, 0.25) is 0 Å². The van der Waals surface area contributed by atoms with Gasteiger partial charge in [-0.05, 0) is 26.7 Å². The molecule has 0 aromatic carbocycles. The Morgan fingerprint density at radius 1 is 1.53 bits per heavy atom. The zero-order valence-corrected chi connectivity index (χ0v) is 9.96. The monoisotopic (exact) mass is 225 g/mol. The van der Waals surface area contributed by atoms with Gasteiger partial charge in [-0.15, -0.1) is 11.6 Å². The molecule has 0 bridgehead atoms. The average molecular weight is 226 g/mol. The van der Waals surface area contributed by atoms with Gasteiger partial charge in [-0.2, -0.15) is 0 Å². The van der Waals surface area contributed by atoms with E-state index in [4.69, 9.17) is 11.6 Å². The summed E-state index contributed by atoms with van der Waals surface area (Å²) in [4.78, 5) is 11.1. The van der Waals surface area contributed by atoms with Crippen molar-refractivity contribution >= 4 is 17.5 Å². The van der Waals surface area contributed by atoms with Crippen LogP contribution in [0.25, 0.3) is 0 Å². The highest BCUT2D eigenvalue weighted by atomic mass is 35.5. The van der Waals surface area contributed by atoms with Gasteiger partial charge in [0.15, 0.2) is 0 Å². The number of anilines is 1. The molecule has 0 unspecified atom stereocenters. The van der Waals surface area contributed by atoms with Crippen LogP contribution in [0, 0.1) is 6.92 Å². The first-order valence-electron chi connectivity index (χ1n) is 5.41. The lowest BCUT2D eigenvalue weighted by Gasteiger charge is -2.20. The Kier molecular flexibility index (Phi) is 3.10. The fourth-order valence-corrected chi connectivity index (χ4v) is 1.96. The Hall–Kier alpha value is -0.830. The first-order valence-corrected chi connectivity index (χ1v) is 5.94. The second kappa shape index (κ2) is 4.35. The van der Waals surface area contributed by atoms with Crippen LogP contribution in [0.3, 0.4) is 0 Å². The molecule has 1 aliphatic carbocycles. The minimum atomic E-state index is 0.488. The van der Waals surface area contributed by atoms with Gasteiger partial charge in [0.05, 0.1) is 5.88 Å². The molecule has 0 amide bonds. The lowest BCUT2D eigenvalue weighted by atomic mass is 10.3. The van der Waals surface area contributed by atoms with E-state index in [1.165, 1.54) is 12.8 Å². The highest BCUT2D eigenvalue weighted by Crippen LogP contribution is 2.29. The van der Waals surface area contributed by atoms with Gasteiger partial charge in [-0.25, -0.2) is 9.97 Å². The largest absolute Gasteiger partial charge is 0.338 e. The van der Waals surface area contributed by atoms with E-state index in [-0.39, 0.29) is 0 Å². The number of alkyl halides is 1. The van der Waals surface area contributed by atoms with E-state index in [0.29, 0.717) is 11.9 Å². The lowest BCUT2D eigenvalue weighted by Crippen LogP contribution is -2.27. The summed E-state index contributed by atoms with van der Waals surface area (Å²) in [5, 5.41) is 0. The summed E-state index contributed by atoms with van der Waals surface area (Å²) in [5.41, 5.74) is 2.02. The molecule has 1 aromatic rings. The van der Waals surface area contributed by atoms with Gasteiger partial charge in [0.2, 0.25) is 5.95 Å². The second-order valence-corrected chi connectivity index (χ2v) is 4.20. The van der Waals surface area contributed by atoms with E-state index in [1.807, 2.05) is 13.1 Å². The average Bonchev–Trinajstić information content (AvgIpc) is 3.03. The fourth-order valence-electron chi connectivity index (χ4n) is 1.70. The van der Waals surface area contributed by atoms with E-state index in [9.17, 15) is 0 Å². The molecule has 1 heterocycles. The number of nitrogens with zero attached hydrogens (tertiary/aromatic N) is 3. The molecule has 1 saturated carbocycles. The Morgan fingerprint density at radius 3 is 2.73 bits per heavy atom. The Balaban J connectivity index is 2.23. The Morgan fingerprint density at radius 2 is 2.27 bits per heavy atom. The number of hydrogen-bond acceptors (Lipinski definition) is 3. The van der Waals surface area contributed by atoms with Crippen molar-refractivity contribution < 1.29 is 0 Å². The first-order chi connectivity index (χ1) is 7.26. The molecule has 4 heteroatoms. The molecule has 1 fully saturated rings. The number of aromatic nitrogens is 2. The summed E-state index contributed by atoms with van der Waals surface area (Å²) in [5.74, 6) is 1.34. The van der Waals surface area contributed by atoms with Crippen molar-refractivity contribution in [3.05, 3.63) is 17.5 Å². The number of rotatable bonds is 4. The normalized spacial score (nSPS) is 15.4. The van der Waals surface area contributed by atoms with Gasteiger partial charge in [0.1, 0.15) is 0 Å². The Labute approximate surface area is 95.5 Å². The third-order valence-electron chi connectivity index (χ3n) is 2.80. The predicted molar refractivity (Wildman–Crippen MR) is 62.4 cm³/mol. The van der Waals surface area contributed by atoms with Crippen molar-refractivity contribution in [1.29, 1.82) is 0 Å². The molecule has 2 rings (SSSR count). The molecular weight excluding hydrogens is 210 g/mol. The van der Waals surface area contributed by atoms with Crippen molar-refractivity contribution in [3.63, 3.8) is 0 Å². The summed E-state index contributed by atoms with van der Waals surface area (Å²) in [6, 6.07) is 0.663. The number of aryl methyl sites for hydroxylation is 1. The van der Waals surface area contributed by atoms with Crippen molar-refractivity contribution in [2.24, 2.45) is 0 Å². The maximum absolute atomic E-state index is 5.78. The van der Waals surface area contributed by atoms with Crippen molar-refractivity contribution in [3.8, 4) is 0 Å². The van der Waals surface area contributed by atoms with Gasteiger partial charge >= 0.3 is 0 Å². The molecule has 0 radical (unpaired) electrons. The summed E-state index contributed by atoms with van der Waals surface area (Å²) < 4.78 is 0. The van der Waals surface area contributed by atoms with E-state index in [2.05, 4.69) is 21.8 Å². The van der Waals surface area contributed by atoms with Crippen LogP contribution in [-0.4, -0.2) is 22.6 Å².